The summed E-state index contributed by atoms with van der Waals surface area (Å²) in [4.78, 5) is 5.87. The molecule has 19 heavy (non-hydrogen) atoms. The number of benzene rings is 1. The standard InChI is InChI=1S/C14H16Cl2N2S/c1-3-4-17-8-13-9(2)18-14(19-13)10-5-11(15)7-12(16)6-10/h5-7,17H,3-4,8H2,1-2H3. The van der Waals surface area contributed by atoms with Gasteiger partial charge in [0.25, 0.3) is 0 Å². The molecule has 1 aromatic carbocycles. The minimum atomic E-state index is 0.640. The van der Waals surface area contributed by atoms with Crippen molar-refractivity contribution in [2.75, 3.05) is 6.54 Å². The first-order valence-corrected chi connectivity index (χ1v) is 7.81. The molecule has 0 amide bonds. The van der Waals surface area contributed by atoms with E-state index in [9.17, 15) is 0 Å². The second-order valence-electron chi connectivity index (χ2n) is 4.36. The van der Waals surface area contributed by atoms with E-state index in [0.717, 1.165) is 35.8 Å². The number of thiazole rings is 1. The van der Waals surface area contributed by atoms with Crippen molar-refractivity contribution < 1.29 is 0 Å². The molecule has 102 valence electrons. The molecule has 0 atom stereocenters. The zero-order chi connectivity index (χ0) is 13.8. The second-order valence-corrected chi connectivity index (χ2v) is 6.32. The third-order valence-electron chi connectivity index (χ3n) is 2.71. The zero-order valence-corrected chi connectivity index (χ0v) is 13.3. The fraction of sp³-hybridized carbons (Fsp3) is 0.357. The van der Waals surface area contributed by atoms with E-state index in [-0.39, 0.29) is 0 Å². The molecule has 1 heterocycles. The summed E-state index contributed by atoms with van der Waals surface area (Å²) in [5.41, 5.74) is 2.05. The van der Waals surface area contributed by atoms with E-state index < -0.39 is 0 Å². The minimum Gasteiger partial charge on any atom is -0.312 e. The summed E-state index contributed by atoms with van der Waals surface area (Å²) in [6.45, 7) is 6.09. The number of halogens is 2. The summed E-state index contributed by atoms with van der Waals surface area (Å²) in [5.74, 6) is 0. The number of nitrogens with zero attached hydrogens (tertiary/aromatic N) is 1. The van der Waals surface area contributed by atoms with Crippen LogP contribution in [0, 0.1) is 6.92 Å². The Kier molecular flexibility index (Phi) is 5.22. The molecule has 0 spiro atoms. The van der Waals surface area contributed by atoms with Gasteiger partial charge in [0.1, 0.15) is 5.01 Å². The molecule has 0 fully saturated rings. The average Bonchev–Trinajstić information content (AvgIpc) is 2.70. The largest absolute Gasteiger partial charge is 0.312 e. The Labute approximate surface area is 127 Å². The maximum absolute atomic E-state index is 6.03. The maximum Gasteiger partial charge on any atom is 0.124 e. The highest BCUT2D eigenvalue weighted by molar-refractivity contribution is 7.15. The van der Waals surface area contributed by atoms with Crippen LogP contribution in [0.4, 0.5) is 0 Å². The Bertz CT molecular complexity index is 546. The quantitative estimate of drug-likeness (QED) is 0.792. The number of nitrogens with one attached hydrogen (secondary N) is 1. The molecule has 0 aliphatic rings. The Hall–Kier alpha value is -0.610. The lowest BCUT2D eigenvalue weighted by Crippen LogP contribution is -2.13. The van der Waals surface area contributed by atoms with Gasteiger partial charge >= 0.3 is 0 Å². The van der Waals surface area contributed by atoms with Crippen LogP contribution >= 0.6 is 34.5 Å². The normalized spacial score (nSPS) is 10.9. The van der Waals surface area contributed by atoms with Gasteiger partial charge < -0.3 is 5.32 Å². The van der Waals surface area contributed by atoms with Crippen molar-refractivity contribution in [3.63, 3.8) is 0 Å². The van der Waals surface area contributed by atoms with Gasteiger partial charge in [-0.3, -0.25) is 0 Å². The predicted molar refractivity (Wildman–Crippen MR) is 84.3 cm³/mol. The SMILES string of the molecule is CCCNCc1sc(-c2cc(Cl)cc(Cl)c2)nc1C. The zero-order valence-electron chi connectivity index (χ0n) is 11.0. The lowest BCUT2D eigenvalue weighted by molar-refractivity contribution is 0.678. The van der Waals surface area contributed by atoms with Crippen LogP contribution in [0.3, 0.4) is 0 Å². The summed E-state index contributed by atoms with van der Waals surface area (Å²) in [7, 11) is 0. The van der Waals surface area contributed by atoms with E-state index in [4.69, 9.17) is 23.2 Å². The minimum absolute atomic E-state index is 0.640. The topological polar surface area (TPSA) is 24.9 Å². The van der Waals surface area contributed by atoms with Crippen LogP contribution in [-0.4, -0.2) is 11.5 Å². The van der Waals surface area contributed by atoms with Gasteiger partial charge in [-0.15, -0.1) is 11.3 Å². The molecular formula is C14H16Cl2N2S. The molecular weight excluding hydrogens is 299 g/mol. The van der Waals surface area contributed by atoms with Gasteiger partial charge in [0.15, 0.2) is 0 Å². The Morgan fingerprint density at radius 3 is 2.53 bits per heavy atom. The Morgan fingerprint density at radius 2 is 1.89 bits per heavy atom. The third kappa shape index (κ3) is 3.93. The fourth-order valence-electron chi connectivity index (χ4n) is 1.77. The molecule has 1 aromatic heterocycles. The van der Waals surface area contributed by atoms with Crippen molar-refractivity contribution in [1.29, 1.82) is 0 Å². The summed E-state index contributed by atoms with van der Waals surface area (Å²) < 4.78 is 0. The molecule has 0 unspecified atom stereocenters. The second kappa shape index (κ2) is 6.71. The first-order chi connectivity index (χ1) is 9.10. The first-order valence-electron chi connectivity index (χ1n) is 6.23. The van der Waals surface area contributed by atoms with E-state index in [1.165, 1.54) is 4.88 Å². The third-order valence-corrected chi connectivity index (χ3v) is 4.36. The van der Waals surface area contributed by atoms with Gasteiger partial charge in [-0.25, -0.2) is 4.98 Å². The fourth-order valence-corrected chi connectivity index (χ4v) is 3.32. The smallest absolute Gasteiger partial charge is 0.124 e. The molecule has 1 N–H and O–H groups in total. The number of hydrogen-bond donors (Lipinski definition) is 1. The van der Waals surface area contributed by atoms with E-state index in [1.807, 2.05) is 19.1 Å². The van der Waals surface area contributed by atoms with Crippen LogP contribution in [0.2, 0.25) is 10.0 Å². The Morgan fingerprint density at radius 1 is 1.21 bits per heavy atom. The van der Waals surface area contributed by atoms with E-state index in [1.54, 1.807) is 17.4 Å². The molecule has 2 aromatic rings. The van der Waals surface area contributed by atoms with Gasteiger partial charge in [0, 0.05) is 27.0 Å². The van der Waals surface area contributed by atoms with E-state index in [0.29, 0.717) is 10.0 Å². The van der Waals surface area contributed by atoms with Crippen LogP contribution < -0.4 is 5.32 Å². The molecule has 0 saturated carbocycles. The lowest BCUT2D eigenvalue weighted by Gasteiger charge is -2.00. The molecule has 0 saturated heterocycles. The van der Waals surface area contributed by atoms with Crippen LogP contribution in [-0.2, 0) is 6.54 Å². The van der Waals surface area contributed by atoms with Gasteiger partial charge in [0.05, 0.1) is 5.69 Å². The van der Waals surface area contributed by atoms with Crippen LogP contribution in [0.1, 0.15) is 23.9 Å². The van der Waals surface area contributed by atoms with Crippen LogP contribution in [0.25, 0.3) is 10.6 Å². The predicted octanol–water partition coefficient (Wildman–Crippen LogP) is 4.92. The Balaban J connectivity index is 2.23. The molecule has 0 bridgehead atoms. The average molecular weight is 315 g/mol. The highest BCUT2D eigenvalue weighted by atomic mass is 35.5. The van der Waals surface area contributed by atoms with Gasteiger partial charge in [-0.2, -0.15) is 0 Å². The molecule has 0 aliphatic heterocycles. The number of rotatable bonds is 5. The molecule has 2 nitrogen and oxygen atoms in total. The van der Waals surface area contributed by atoms with Crippen molar-refractivity contribution in [3.8, 4) is 10.6 Å². The van der Waals surface area contributed by atoms with Gasteiger partial charge in [0.2, 0.25) is 0 Å². The summed E-state index contributed by atoms with van der Waals surface area (Å²) in [5, 5.41) is 5.65. The highest BCUT2D eigenvalue weighted by Gasteiger charge is 2.10. The van der Waals surface area contributed by atoms with Crippen LogP contribution in [0.5, 0.6) is 0 Å². The summed E-state index contributed by atoms with van der Waals surface area (Å²) in [6.07, 6.45) is 1.13. The molecule has 0 aliphatic carbocycles. The van der Waals surface area contributed by atoms with Crippen molar-refractivity contribution in [3.05, 3.63) is 38.8 Å². The summed E-state index contributed by atoms with van der Waals surface area (Å²) in [6, 6.07) is 5.53. The molecule has 0 radical (unpaired) electrons. The van der Waals surface area contributed by atoms with E-state index in [2.05, 4.69) is 17.2 Å². The van der Waals surface area contributed by atoms with E-state index >= 15 is 0 Å². The number of aryl methyl sites for hydroxylation is 1. The highest BCUT2D eigenvalue weighted by Crippen LogP contribution is 2.31. The molecule has 2 rings (SSSR count). The lowest BCUT2D eigenvalue weighted by atomic mass is 10.2. The summed E-state index contributed by atoms with van der Waals surface area (Å²) >= 11 is 13.7. The van der Waals surface area contributed by atoms with Crippen molar-refractivity contribution in [2.45, 2.75) is 26.8 Å². The van der Waals surface area contributed by atoms with Crippen LogP contribution in [0.15, 0.2) is 18.2 Å². The van der Waals surface area contributed by atoms with Crippen molar-refractivity contribution in [1.82, 2.24) is 10.3 Å². The maximum atomic E-state index is 6.03. The monoisotopic (exact) mass is 314 g/mol. The molecule has 5 heteroatoms. The van der Waals surface area contributed by atoms with Crippen molar-refractivity contribution in [2.24, 2.45) is 0 Å². The van der Waals surface area contributed by atoms with Gasteiger partial charge in [-0.1, -0.05) is 30.1 Å². The van der Waals surface area contributed by atoms with Crippen molar-refractivity contribution >= 4 is 34.5 Å². The number of aromatic nitrogens is 1. The van der Waals surface area contributed by atoms with Gasteiger partial charge in [-0.05, 0) is 38.1 Å². The first kappa shape index (κ1) is 14.8. The number of hydrogen-bond acceptors (Lipinski definition) is 3.